The molecular formula is C13H20F3N3O2. The Morgan fingerprint density at radius 2 is 2.05 bits per heavy atom. The van der Waals surface area contributed by atoms with Crippen LogP contribution >= 0.6 is 0 Å². The lowest BCUT2D eigenvalue weighted by Gasteiger charge is -2.14. The number of alkyl halides is 3. The summed E-state index contributed by atoms with van der Waals surface area (Å²) in [6.45, 7) is 3.99. The van der Waals surface area contributed by atoms with Gasteiger partial charge in [-0.2, -0.15) is 18.3 Å². The maximum absolute atomic E-state index is 12.0. The largest absolute Gasteiger partial charge is 0.411 e. The molecule has 8 heteroatoms. The fraction of sp³-hybridized carbons (Fsp3) is 0.692. The minimum absolute atomic E-state index is 0.325. The van der Waals surface area contributed by atoms with Gasteiger partial charge in [-0.1, -0.05) is 0 Å². The first-order valence-corrected chi connectivity index (χ1v) is 6.57. The summed E-state index contributed by atoms with van der Waals surface area (Å²) in [6, 6.07) is 0. The molecular weight excluding hydrogens is 287 g/mol. The van der Waals surface area contributed by atoms with Crippen LogP contribution in [0.15, 0.2) is 0 Å². The Hall–Kier alpha value is -1.57. The molecule has 1 atom stereocenters. The Balaban J connectivity index is 2.39. The van der Waals surface area contributed by atoms with Gasteiger partial charge in [-0.25, -0.2) is 0 Å². The van der Waals surface area contributed by atoms with Gasteiger partial charge in [0.25, 0.3) is 0 Å². The first-order chi connectivity index (χ1) is 9.61. The van der Waals surface area contributed by atoms with Crippen LogP contribution in [-0.4, -0.2) is 41.1 Å². The molecule has 1 aromatic heterocycles. The van der Waals surface area contributed by atoms with Gasteiger partial charge in [-0.3, -0.25) is 9.48 Å². The number of hydrogen-bond acceptors (Lipinski definition) is 3. The molecule has 0 saturated heterocycles. The molecule has 1 aromatic rings. The number of carbonyl (C=O) groups is 1. The van der Waals surface area contributed by atoms with Gasteiger partial charge in [0.15, 0.2) is 0 Å². The maximum atomic E-state index is 12.0. The molecule has 0 saturated carbocycles. The molecule has 0 spiro atoms. The number of aromatic nitrogens is 2. The highest BCUT2D eigenvalue weighted by molar-refractivity contribution is 5.80. The van der Waals surface area contributed by atoms with E-state index in [2.05, 4.69) is 15.2 Å². The van der Waals surface area contributed by atoms with Crippen LogP contribution in [0.5, 0.6) is 0 Å². The molecule has 1 amide bonds. The third-order valence-electron chi connectivity index (χ3n) is 3.20. The molecule has 0 fully saturated rings. The third-order valence-corrected chi connectivity index (χ3v) is 3.20. The van der Waals surface area contributed by atoms with E-state index in [1.54, 1.807) is 4.68 Å². The molecule has 1 heterocycles. The van der Waals surface area contributed by atoms with Crippen LogP contribution in [0, 0.1) is 13.8 Å². The number of nitrogens with zero attached hydrogens (tertiary/aromatic N) is 2. The zero-order valence-electron chi connectivity index (χ0n) is 12.5. The third kappa shape index (κ3) is 5.37. The van der Waals surface area contributed by atoms with Crippen LogP contribution in [0.3, 0.4) is 0 Å². The summed E-state index contributed by atoms with van der Waals surface area (Å²) in [5.41, 5.74) is 2.91. The highest BCUT2D eigenvalue weighted by Gasteiger charge is 2.29. The van der Waals surface area contributed by atoms with Crippen LogP contribution in [0.4, 0.5) is 13.2 Å². The minimum Gasteiger partial charge on any atom is -0.359 e. The summed E-state index contributed by atoms with van der Waals surface area (Å²) in [7, 11) is 1.83. The summed E-state index contributed by atoms with van der Waals surface area (Å²) < 4.78 is 42.2. The second-order valence-electron chi connectivity index (χ2n) is 4.88. The van der Waals surface area contributed by atoms with Gasteiger partial charge in [-0.05, 0) is 32.8 Å². The lowest BCUT2D eigenvalue weighted by molar-refractivity contribution is -0.185. The molecule has 0 aromatic carbocycles. The van der Waals surface area contributed by atoms with E-state index in [-0.39, 0.29) is 0 Å². The van der Waals surface area contributed by atoms with Crippen molar-refractivity contribution in [2.24, 2.45) is 7.05 Å². The second-order valence-corrected chi connectivity index (χ2v) is 4.88. The lowest BCUT2D eigenvalue weighted by Crippen LogP contribution is -2.37. The van der Waals surface area contributed by atoms with E-state index in [1.165, 1.54) is 6.92 Å². The van der Waals surface area contributed by atoms with Gasteiger partial charge >= 0.3 is 6.18 Å². The summed E-state index contributed by atoms with van der Waals surface area (Å²) in [5, 5.41) is 6.82. The van der Waals surface area contributed by atoms with Crippen molar-refractivity contribution in [3.63, 3.8) is 0 Å². The van der Waals surface area contributed by atoms with E-state index in [4.69, 9.17) is 0 Å². The van der Waals surface area contributed by atoms with Crippen LogP contribution in [0.25, 0.3) is 0 Å². The van der Waals surface area contributed by atoms with Gasteiger partial charge in [0.1, 0.15) is 12.7 Å². The van der Waals surface area contributed by atoms with Crippen molar-refractivity contribution in [3.8, 4) is 0 Å². The molecule has 0 radical (unpaired) electrons. The standard InChI is InChI=1S/C13H20F3N3O2/c1-8-11(9(2)19(4)18-8)5-6-17-12(20)10(3)21-7-13(14,15)16/h10H,5-7H2,1-4H3,(H,17,20). The van der Waals surface area contributed by atoms with E-state index < -0.39 is 24.8 Å². The van der Waals surface area contributed by atoms with Crippen molar-refractivity contribution in [1.82, 2.24) is 15.1 Å². The fourth-order valence-electron chi connectivity index (χ4n) is 1.93. The summed E-state index contributed by atoms with van der Waals surface area (Å²) in [5.74, 6) is -0.557. The van der Waals surface area contributed by atoms with Gasteiger partial charge in [-0.15, -0.1) is 0 Å². The topological polar surface area (TPSA) is 56.2 Å². The van der Waals surface area contributed by atoms with E-state index in [1.807, 2.05) is 20.9 Å². The van der Waals surface area contributed by atoms with Crippen LogP contribution < -0.4 is 5.32 Å². The average molecular weight is 307 g/mol. The molecule has 0 aliphatic rings. The molecule has 1 N–H and O–H groups in total. The zero-order valence-corrected chi connectivity index (χ0v) is 12.5. The summed E-state index contributed by atoms with van der Waals surface area (Å²) in [6.07, 6.45) is -5.00. The Morgan fingerprint density at radius 3 is 2.52 bits per heavy atom. The van der Waals surface area contributed by atoms with Crippen molar-refractivity contribution in [2.75, 3.05) is 13.2 Å². The van der Waals surface area contributed by atoms with Crippen molar-refractivity contribution in [3.05, 3.63) is 17.0 Å². The molecule has 1 rings (SSSR count). The fourth-order valence-corrected chi connectivity index (χ4v) is 1.93. The highest BCUT2D eigenvalue weighted by Crippen LogP contribution is 2.15. The van der Waals surface area contributed by atoms with E-state index in [9.17, 15) is 18.0 Å². The predicted octanol–water partition coefficient (Wildman–Crippen LogP) is 1.66. The normalized spacial score (nSPS) is 13.3. The SMILES string of the molecule is Cc1nn(C)c(C)c1CCNC(=O)C(C)OCC(F)(F)F. The average Bonchev–Trinajstić information content (AvgIpc) is 2.61. The smallest absolute Gasteiger partial charge is 0.359 e. The Morgan fingerprint density at radius 1 is 1.43 bits per heavy atom. The van der Waals surface area contributed by atoms with Crippen molar-refractivity contribution < 1.29 is 22.7 Å². The minimum atomic E-state index is -4.43. The lowest BCUT2D eigenvalue weighted by atomic mass is 10.1. The van der Waals surface area contributed by atoms with Crippen LogP contribution in [0.1, 0.15) is 23.9 Å². The van der Waals surface area contributed by atoms with Gasteiger partial charge in [0, 0.05) is 19.3 Å². The van der Waals surface area contributed by atoms with Crippen LogP contribution in [0.2, 0.25) is 0 Å². The molecule has 120 valence electrons. The van der Waals surface area contributed by atoms with Gasteiger partial charge in [0.2, 0.25) is 5.91 Å². The zero-order chi connectivity index (χ0) is 16.2. The van der Waals surface area contributed by atoms with Gasteiger partial charge < -0.3 is 10.1 Å². The number of halogens is 3. The molecule has 0 aliphatic heterocycles. The Bertz CT molecular complexity index is 498. The first-order valence-electron chi connectivity index (χ1n) is 6.57. The number of amides is 1. The van der Waals surface area contributed by atoms with E-state index in [0.29, 0.717) is 13.0 Å². The summed E-state index contributed by atoms with van der Waals surface area (Å²) >= 11 is 0. The Labute approximate surface area is 121 Å². The van der Waals surface area contributed by atoms with E-state index in [0.717, 1.165) is 17.0 Å². The Kier molecular flexibility index (Phi) is 5.77. The van der Waals surface area contributed by atoms with E-state index >= 15 is 0 Å². The summed E-state index contributed by atoms with van der Waals surface area (Å²) in [4.78, 5) is 11.6. The highest BCUT2D eigenvalue weighted by atomic mass is 19.4. The maximum Gasteiger partial charge on any atom is 0.411 e. The first kappa shape index (κ1) is 17.5. The van der Waals surface area contributed by atoms with Crippen molar-refractivity contribution >= 4 is 5.91 Å². The molecule has 0 bridgehead atoms. The second kappa shape index (κ2) is 6.93. The number of aryl methyl sites for hydroxylation is 2. The number of rotatable bonds is 6. The monoisotopic (exact) mass is 307 g/mol. The van der Waals surface area contributed by atoms with Crippen molar-refractivity contribution in [2.45, 2.75) is 39.5 Å². The van der Waals surface area contributed by atoms with Crippen molar-refractivity contribution in [1.29, 1.82) is 0 Å². The molecule has 1 unspecified atom stereocenters. The molecule has 5 nitrogen and oxygen atoms in total. The number of hydrogen-bond donors (Lipinski definition) is 1. The number of nitrogens with one attached hydrogen (secondary N) is 1. The van der Waals surface area contributed by atoms with Gasteiger partial charge in [0.05, 0.1) is 5.69 Å². The molecule has 0 aliphatic carbocycles. The predicted molar refractivity (Wildman–Crippen MR) is 70.9 cm³/mol. The molecule has 21 heavy (non-hydrogen) atoms. The quantitative estimate of drug-likeness (QED) is 0.869. The van der Waals surface area contributed by atoms with Crippen LogP contribution in [-0.2, 0) is 23.0 Å². The number of carbonyl (C=O) groups excluding carboxylic acids is 1. The number of ether oxygens (including phenoxy) is 1.